The van der Waals surface area contributed by atoms with Crippen LogP contribution in [0.2, 0.25) is 0 Å². The molecule has 0 saturated heterocycles. The molecular formula is C14H25IN4O. The third-order valence-corrected chi connectivity index (χ3v) is 2.44. The number of rotatable bonds is 7. The molecule has 0 atom stereocenters. The summed E-state index contributed by atoms with van der Waals surface area (Å²) < 4.78 is 5.65. The van der Waals surface area contributed by atoms with E-state index in [1.54, 1.807) is 6.20 Å². The molecule has 0 unspecified atom stereocenters. The van der Waals surface area contributed by atoms with E-state index in [0.29, 0.717) is 25.0 Å². The Kier molecular flexibility index (Phi) is 10.1. The lowest BCUT2D eigenvalue weighted by molar-refractivity contribution is 0.294. The first-order valence-electron chi connectivity index (χ1n) is 6.76. The van der Waals surface area contributed by atoms with E-state index in [9.17, 15) is 0 Å². The molecule has 3 N–H and O–H groups in total. The molecule has 0 saturated carbocycles. The van der Waals surface area contributed by atoms with Crippen molar-refractivity contribution in [2.45, 2.75) is 46.2 Å². The number of aliphatic imine (C=N–C) groups is 1. The number of pyridine rings is 1. The smallest absolute Gasteiger partial charge is 0.218 e. The van der Waals surface area contributed by atoms with Crippen molar-refractivity contribution in [3.8, 4) is 5.88 Å². The number of halogens is 1. The van der Waals surface area contributed by atoms with Gasteiger partial charge in [0.05, 0.1) is 13.2 Å². The van der Waals surface area contributed by atoms with Crippen LogP contribution in [0.4, 0.5) is 0 Å². The van der Waals surface area contributed by atoms with Gasteiger partial charge in [-0.15, -0.1) is 24.0 Å². The van der Waals surface area contributed by atoms with Gasteiger partial charge >= 0.3 is 0 Å². The number of hydrogen-bond donors (Lipinski definition) is 2. The van der Waals surface area contributed by atoms with Crippen LogP contribution in [0.25, 0.3) is 0 Å². The summed E-state index contributed by atoms with van der Waals surface area (Å²) in [5.41, 5.74) is 6.72. The lowest BCUT2D eigenvalue weighted by atomic mass is 10.2. The molecular weight excluding hydrogens is 367 g/mol. The standard InChI is InChI=1S/C14H24N4O.HI/c1-4-5-9-19-13-12(7-6-8-16-13)10-17-14(15)18-11(2)3;/h6-8,11H,4-5,9-10H2,1-3H3,(H3,15,17,18);1H. The number of guanidine groups is 1. The minimum Gasteiger partial charge on any atom is -0.477 e. The van der Waals surface area contributed by atoms with E-state index in [-0.39, 0.29) is 30.0 Å². The molecule has 1 aromatic rings. The van der Waals surface area contributed by atoms with E-state index in [0.717, 1.165) is 18.4 Å². The van der Waals surface area contributed by atoms with Gasteiger partial charge in [0.25, 0.3) is 0 Å². The molecule has 114 valence electrons. The number of hydrogen-bond acceptors (Lipinski definition) is 3. The Morgan fingerprint density at radius 3 is 2.90 bits per heavy atom. The Labute approximate surface area is 138 Å². The van der Waals surface area contributed by atoms with Gasteiger partial charge in [0.1, 0.15) is 0 Å². The van der Waals surface area contributed by atoms with Gasteiger partial charge < -0.3 is 15.8 Å². The SMILES string of the molecule is CCCCOc1ncccc1CN=C(N)NC(C)C.I. The quantitative estimate of drug-likeness (QED) is 0.324. The average molecular weight is 392 g/mol. The molecule has 1 heterocycles. The fourth-order valence-electron chi connectivity index (χ4n) is 1.50. The first kappa shape index (κ1) is 18.9. The first-order valence-corrected chi connectivity index (χ1v) is 6.76. The van der Waals surface area contributed by atoms with Gasteiger partial charge in [0.2, 0.25) is 5.88 Å². The number of aromatic nitrogens is 1. The number of nitrogens with zero attached hydrogens (tertiary/aromatic N) is 2. The fraction of sp³-hybridized carbons (Fsp3) is 0.571. The molecule has 1 aromatic heterocycles. The molecule has 20 heavy (non-hydrogen) atoms. The molecule has 0 spiro atoms. The third-order valence-electron chi connectivity index (χ3n) is 2.44. The molecule has 0 fully saturated rings. The maximum absolute atomic E-state index is 5.77. The molecule has 0 radical (unpaired) electrons. The van der Waals surface area contributed by atoms with Gasteiger partial charge in [-0.2, -0.15) is 0 Å². The summed E-state index contributed by atoms with van der Waals surface area (Å²) >= 11 is 0. The van der Waals surface area contributed by atoms with Gasteiger partial charge in [-0.1, -0.05) is 19.4 Å². The van der Waals surface area contributed by atoms with Crippen molar-refractivity contribution >= 4 is 29.9 Å². The van der Waals surface area contributed by atoms with Crippen molar-refractivity contribution in [2.75, 3.05) is 6.61 Å². The zero-order chi connectivity index (χ0) is 14.1. The summed E-state index contributed by atoms with van der Waals surface area (Å²) in [7, 11) is 0. The summed E-state index contributed by atoms with van der Waals surface area (Å²) in [5.74, 6) is 1.09. The second kappa shape index (κ2) is 10.7. The van der Waals surface area contributed by atoms with Gasteiger partial charge in [-0.05, 0) is 26.3 Å². The van der Waals surface area contributed by atoms with E-state index >= 15 is 0 Å². The maximum atomic E-state index is 5.77. The first-order chi connectivity index (χ1) is 9.13. The van der Waals surface area contributed by atoms with Crippen molar-refractivity contribution in [1.29, 1.82) is 0 Å². The number of nitrogens with two attached hydrogens (primary N) is 1. The van der Waals surface area contributed by atoms with Gasteiger partial charge in [-0.3, -0.25) is 0 Å². The van der Waals surface area contributed by atoms with Crippen molar-refractivity contribution in [3.05, 3.63) is 23.9 Å². The second-order valence-corrected chi connectivity index (χ2v) is 4.67. The van der Waals surface area contributed by atoms with Crippen LogP contribution in [0, 0.1) is 0 Å². The van der Waals surface area contributed by atoms with Crippen LogP contribution in [0.5, 0.6) is 5.88 Å². The van der Waals surface area contributed by atoms with E-state index in [2.05, 4.69) is 22.2 Å². The zero-order valence-corrected chi connectivity index (χ0v) is 14.8. The molecule has 0 aliphatic heterocycles. The van der Waals surface area contributed by atoms with Crippen LogP contribution in [0.15, 0.2) is 23.3 Å². The molecule has 0 amide bonds. The molecule has 0 bridgehead atoms. The summed E-state index contributed by atoms with van der Waals surface area (Å²) in [5, 5.41) is 3.05. The minimum absolute atomic E-state index is 0. The highest BCUT2D eigenvalue weighted by Crippen LogP contribution is 2.15. The fourth-order valence-corrected chi connectivity index (χ4v) is 1.50. The monoisotopic (exact) mass is 392 g/mol. The molecule has 6 heteroatoms. The van der Waals surface area contributed by atoms with Gasteiger partial charge in [0, 0.05) is 17.8 Å². The largest absolute Gasteiger partial charge is 0.477 e. The topological polar surface area (TPSA) is 72.5 Å². The number of ether oxygens (including phenoxy) is 1. The maximum Gasteiger partial charge on any atom is 0.218 e. The van der Waals surface area contributed by atoms with Crippen molar-refractivity contribution < 1.29 is 4.74 Å². The molecule has 1 rings (SSSR count). The highest BCUT2D eigenvalue weighted by molar-refractivity contribution is 14.0. The Bertz CT molecular complexity index is 410. The average Bonchev–Trinajstić information content (AvgIpc) is 2.37. The Hall–Kier alpha value is -1.05. The van der Waals surface area contributed by atoms with Crippen LogP contribution >= 0.6 is 24.0 Å². The van der Waals surface area contributed by atoms with Crippen LogP contribution in [0.1, 0.15) is 39.2 Å². The summed E-state index contributed by atoms with van der Waals surface area (Å²) in [6.45, 7) is 7.33. The van der Waals surface area contributed by atoms with Gasteiger partial charge in [0.15, 0.2) is 5.96 Å². The van der Waals surface area contributed by atoms with Crippen LogP contribution < -0.4 is 15.8 Å². The summed E-state index contributed by atoms with van der Waals surface area (Å²) in [4.78, 5) is 8.52. The Morgan fingerprint density at radius 1 is 1.50 bits per heavy atom. The third kappa shape index (κ3) is 7.52. The normalized spacial score (nSPS) is 11.1. The lowest BCUT2D eigenvalue weighted by Crippen LogP contribution is -2.36. The second-order valence-electron chi connectivity index (χ2n) is 4.67. The van der Waals surface area contributed by atoms with E-state index < -0.39 is 0 Å². The highest BCUT2D eigenvalue weighted by atomic mass is 127. The summed E-state index contributed by atoms with van der Waals surface area (Å²) in [6, 6.07) is 4.11. The Morgan fingerprint density at radius 2 is 2.25 bits per heavy atom. The van der Waals surface area contributed by atoms with Crippen molar-refractivity contribution in [3.63, 3.8) is 0 Å². The molecule has 0 aliphatic rings. The van der Waals surface area contributed by atoms with E-state index in [1.807, 2.05) is 26.0 Å². The molecule has 0 aromatic carbocycles. The van der Waals surface area contributed by atoms with Crippen LogP contribution in [0.3, 0.4) is 0 Å². The predicted molar refractivity (Wildman–Crippen MR) is 93.7 cm³/mol. The number of nitrogens with one attached hydrogen (secondary N) is 1. The van der Waals surface area contributed by atoms with Crippen LogP contribution in [-0.2, 0) is 6.54 Å². The van der Waals surface area contributed by atoms with Crippen LogP contribution in [-0.4, -0.2) is 23.6 Å². The Balaban J connectivity index is 0.00000361. The van der Waals surface area contributed by atoms with Gasteiger partial charge in [-0.25, -0.2) is 9.98 Å². The van der Waals surface area contributed by atoms with E-state index in [1.165, 1.54) is 0 Å². The highest BCUT2D eigenvalue weighted by Gasteiger charge is 2.04. The zero-order valence-electron chi connectivity index (χ0n) is 12.4. The lowest BCUT2D eigenvalue weighted by Gasteiger charge is -2.10. The van der Waals surface area contributed by atoms with Crippen molar-refractivity contribution in [2.24, 2.45) is 10.7 Å². The molecule has 5 nitrogen and oxygen atoms in total. The molecule has 0 aliphatic carbocycles. The predicted octanol–water partition coefficient (Wildman–Crippen LogP) is 2.69. The number of unbranched alkanes of at least 4 members (excludes halogenated alkanes) is 1. The van der Waals surface area contributed by atoms with Crippen molar-refractivity contribution in [1.82, 2.24) is 10.3 Å². The summed E-state index contributed by atoms with van der Waals surface area (Å²) in [6.07, 6.45) is 3.85. The minimum atomic E-state index is 0. The van der Waals surface area contributed by atoms with E-state index in [4.69, 9.17) is 10.5 Å².